The van der Waals surface area contributed by atoms with Crippen LogP contribution in [0.4, 0.5) is 4.39 Å². The summed E-state index contributed by atoms with van der Waals surface area (Å²) in [4.78, 5) is 13.4. The van der Waals surface area contributed by atoms with Crippen molar-refractivity contribution in [3.8, 4) is 0 Å². The number of nitrogens with two attached hydrogens (primary N) is 1. The van der Waals surface area contributed by atoms with Crippen LogP contribution >= 0.6 is 11.8 Å². The standard InChI is InChI=1S/C16H21FN2O2S/c17-12-3-1-2-11-13(4-9-22-14(11)12)19-15(20)16(10-18)5-7-21-8-6-16/h1-3,13H,4-10,18H2,(H,19,20). The maximum absolute atomic E-state index is 13.9. The second kappa shape index (κ2) is 6.56. The van der Waals surface area contributed by atoms with Crippen molar-refractivity contribution in [1.29, 1.82) is 0 Å². The molecule has 0 spiro atoms. The van der Waals surface area contributed by atoms with Crippen molar-refractivity contribution in [1.82, 2.24) is 5.32 Å². The Hall–Kier alpha value is -1.11. The first-order valence-electron chi connectivity index (χ1n) is 7.66. The van der Waals surface area contributed by atoms with Gasteiger partial charge in [0.05, 0.1) is 11.5 Å². The molecule has 1 aromatic carbocycles. The number of rotatable bonds is 3. The molecule has 1 aromatic rings. The average molecular weight is 324 g/mol. The van der Waals surface area contributed by atoms with Crippen LogP contribution in [0.3, 0.4) is 0 Å². The van der Waals surface area contributed by atoms with Gasteiger partial charge in [-0.1, -0.05) is 12.1 Å². The van der Waals surface area contributed by atoms with Crippen LogP contribution < -0.4 is 11.1 Å². The highest BCUT2D eigenvalue weighted by Gasteiger charge is 2.40. The minimum atomic E-state index is -0.545. The van der Waals surface area contributed by atoms with E-state index in [0.29, 0.717) is 37.5 Å². The molecular weight excluding hydrogens is 303 g/mol. The summed E-state index contributed by atoms with van der Waals surface area (Å²) in [5.41, 5.74) is 6.22. The van der Waals surface area contributed by atoms with Gasteiger partial charge in [-0.25, -0.2) is 4.39 Å². The second-order valence-corrected chi connectivity index (χ2v) is 7.02. The number of hydrogen-bond donors (Lipinski definition) is 2. The molecule has 1 saturated heterocycles. The summed E-state index contributed by atoms with van der Waals surface area (Å²) >= 11 is 1.52. The molecule has 0 aliphatic carbocycles. The van der Waals surface area contributed by atoms with Gasteiger partial charge >= 0.3 is 0 Å². The van der Waals surface area contributed by atoms with Crippen LogP contribution in [-0.2, 0) is 9.53 Å². The minimum absolute atomic E-state index is 0.0228. The number of fused-ring (bicyclic) bond motifs is 1. The average Bonchev–Trinajstić information content (AvgIpc) is 2.56. The monoisotopic (exact) mass is 324 g/mol. The Kier molecular flexibility index (Phi) is 4.70. The molecule has 0 aromatic heterocycles. The lowest BCUT2D eigenvalue weighted by Gasteiger charge is -2.37. The molecule has 0 saturated carbocycles. The van der Waals surface area contributed by atoms with E-state index >= 15 is 0 Å². The SMILES string of the molecule is NCC1(C(=O)NC2CCSc3c(F)cccc32)CCOCC1. The summed E-state index contributed by atoms with van der Waals surface area (Å²) in [5.74, 6) is 0.573. The third-order valence-electron chi connectivity index (χ3n) is 4.65. The van der Waals surface area contributed by atoms with Gasteiger partial charge in [0.15, 0.2) is 0 Å². The van der Waals surface area contributed by atoms with Gasteiger partial charge in [-0.05, 0) is 30.9 Å². The predicted molar refractivity (Wildman–Crippen MR) is 84.2 cm³/mol. The number of benzene rings is 1. The first-order chi connectivity index (χ1) is 10.7. The van der Waals surface area contributed by atoms with E-state index in [9.17, 15) is 9.18 Å². The number of nitrogens with one attached hydrogen (secondary N) is 1. The van der Waals surface area contributed by atoms with Crippen LogP contribution in [0.2, 0.25) is 0 Å². The zero-order chi connectivity index (χ0) is 15.6. The van der Waals surface area contributed by atoms with E-state index in [1.54, 1.807) is 6.07 Å². The van der Waals surface area contributed by atoms with E-state index in [2.05, 4.69) is 5.32 Å². The largest absolute Gasteiger partial charge is 0.381 e. The van der Waals surface area contributed by atoms with E-state index in [0.717, 1.165) is 17.7 Å². The van der Waals surface area contributed by atoms with Crippen molar-refractivity contribution in [3.05, 3.63) is 29.6 Å². The van der Waals surface area contributed by atoms with Gasteiger partial charge in [-0.3, -0.25) is 4.79 Å². The molecule has 2 aliphatic rings. The van der Waals surface area contributed by atoms with Crippen LogP contribution in [0.5, 0.6) is 0 Å². The van der Waals surface area contributed by atoms with Crippen molar-refractivity contribution >= 4 is 17.7 Å². The summed E-state index contributed by atoms with van der Waals surface area (Å²) < 4.78 is 19.3. The third kappa shape index (κ3) is 2.87. The van der Waals surface area contributed by atoms with E-state index in [1.807, 2.05) is 6.07 Å². The quantitative estimate of drug-likeness (QED) is 0.895. The van der Waals surface area contributed by atoms with Crippen LogP contribution in [0.15, 0.2) is 23.1 Å². The number of amides is 1. The van der Waals surface area contributed by atoms with Crippen LogP contribution in [0.25, 0.3) is 0 Å². The molecule has 1 fully saturated rings. The number of thioether (sulfide) groups is 1. The molecule has 0 radical (unpaired) electrons. The predicted octanol–water partition coefficient (Wildman–Crippen LogP) is 2.23. The van der Waals surface area contributed by atoms with Gasteiger partial charge < -0.3 is 15.8 Å². The van der Waals surface area contributed by atoms with Crippen LogP contribution in [0, 0.1) is 11.2 Å². The van der Waals surface area contributed by atoms with E-state index in [1.165, 1.54) is 17.8 Å². The molecule has 22 heavy (non-hydrogen) atoms. The molecule has 3 rings (SSSR count). The molecule has 120 valence electrons. The van der Waals surface area contributed by atoms with Crippen LogP contribution in [0.1, 0.15) is 30.9 Å². The summed E-state index contributed by atoms with van der Waals surface area (Å²) in [6.45, 7) is 1.45. The van der Waals surface area contributed by atoms with Gasteiger partial charge in [0, 0.05) is 30.4 Å². The summed E-state index contributed by atoms with van der Waals surface area (Å²) in [5, 5.41) is 3.11. The Labute approximate surface area is 134 Å². The Bertz CT molecular complexity index is 561. The summed E-state index contributed by atoms with van der Waals surface area (Å²) in [7, 11) is 0. The highest BCUT2D eigenvalue weighted by atomic mass is 32.2. The molecule has 0 bridgehead atoms. The van der Waals surface area contributed by atoms with Gasteiger partial charge in [-0.15, -0.1) is 11.8 Å². The first kappa shape index (κ1) is 15.8. The molecule has 3 N–H and O–H groups in total. The van der Waals surface area contributed by atoms with Crippen molar-refractivity contribution < 1.29 is 13.9 Å². The smallest absolute Gasteiger partial charge is 0.228 e. The van der Waals surface area contributed by atoms with Crippen molar-refractivity contribution in [2.75, 3.05) is 25.5 Å². The highest BCUT2D eigenvalue weighted by molar-refractivity contribution is 7.99. The number of carbonyl (C=O) groups is 1. The topological polar surface area (TPSA) is 64.4 Å². The Morgan fingerprint density at radius 1 is 1.45 bits per heavy atom. The van der Waals surface area contributed by atoms with E-state index < -0.39 is 5.41 Å². The Morgan fingerprint density at radius 2 is 2.23 bits per heavy atom. The van der Waals surface area contributed by atoms with Gasteiger partial charge in [0.1, 0.15) is 5.82 Å². The molecule has 6 heteroatoms. The number of halogens is 1. The zero-order valence-electron chi connectivity index (χ0n) is 12.4. The second-order valence-electron chi connectivity index (χ2n) is 5.92. The fourth-order valence-electron chi connectivity index (χ4n) is 3.13. The van der Waals surface area contributed by atoms with Gasteiger partial charge in [0.25, 0.3) is 0 Å². The molecule has 2 heterocycles. The number of ether oxygens (including phenoxy) is 1. The van der Waals surface area contributed by atoms with Crippen LogP contribution in [-0.4, -0.2) is 31.4 Å². The molecule has 1 unspecified atom stereocenters. The third-order valence-corrected chi connectivity index (χ3v) is 5.81. The minimum Gasteiger partial charge on any atom is -0.381 e. The maximum Gasteiger partial charge on any atom is 0.228 e. The number of hydrogen-bond acceptors (Lipinski definition) is 4. The maximum atomic E-state index is 13.9. The Morgan fingerprint density at radius 3 is 2.95 bits per heavy atom. The van der Waals surface area contributed by atoms with Crippen molar-refractivity contribution in [2.45, 2.75) is 30.2 Å². The molecule has 1 atom stereocenters. The van der Waals surface area contributed by atoms with E-state index in [-0.39, 0.29) is 17.8 Å². The summed E-state index contributed by atoms with van der Waals surface area (Å²) in [6.07, 6.45) is 2.10. The van der Waals surface area contributed by atoms with Crippen molar-refractivity contribution in [3.63, 3.8) is 0 Å². The number of carbonyl (C=O) groups excluding carboxylic acids is 1. The first-order valence-corrected chi connectivity index (χ1v) is 8.65. The van der Waals surface area contributed by atoms with Crippen molar-refractivity contribution in [2.24, 2.45) is 11.1 Å². The normalized spacial score (nSPS) is 23.6. The lowest BCUT2D eigenvalue weighted by Crippen LogP contribution is -2.50. The molecule has 1 amide bonds. The molecule has 4 nitrogen and oxygen atoms in total. The molecule has 2 aliphatic heterocycles. The fourth-order valence-corrected chi connectivity index (χ4v) is 4.27. The van der Waals surface area contributed by atoms with E-state index in [4.69, 9.17) is 10.5 Å². The fraction of sp³-hybridized carbons (Fsp3) is 0.562. The van der Waals surface area contributed by atoms with Gasteiger partial charge in [0.2, 0.25) is 5.91 Å². The zero-order valence-corrected chi connectivity index (χ0v) is 13.3. The highest BCUT2D eigenvalue weighted by Crippen LogP contribution is 2.39. The van der Waals surface area contributed by atoms with Gasteiger partial charge in [-0.2, -0.15) is 0 Å². The Balaban J connectivity index is 1.79. The molecular formula is C16H21FN2O2S. The lowest BCUT2D eigenvalue weighted by molar-refractivity contribution is -0.136. The lowest BCUT2D eigenvalue weighted by atomic mass is 9.79. The summed E-state index contributed by atoms with van der Waals surface area (Å²) in [6, 6.07) is 4.93.